The zero-order valence-corrected chi connectivity index (χ0v) is 16.2. The van der Waals surface area contributed by atoms with E-state index in [2.05, 4.69) is 36.2 Å². The monoisotopic (exact) mass is 439 g/mol. The number of nitrogens with two attached hydrogens (primary N) is 1. The molecule has 0 spiro atoms. The summed E-state index contributed by atoms with van der Waals surface area (Å²) in [6.45, 7) is 2.43. The molecule has 0 aliphatic rings. The number of aromatic nitrogens is 3. The second-order valence-electron chi connectivity index (χ2n) is 6.13. The molecule has 0 aliphatic carbocycles. The summed E-state index contributed by atoms with van der Waals surface area (Å²) in [5.74, 6) is -3.45. The van der Waals surface area contributed by atoms with Crippen LogP contribution in [0, 0.1) is 12.7 Å². The Morgan fingerprint density at radius 2 is 2.04 bits per heavy atom. The highest BCUT2D eigenvalue weighted by Gasteiger charge is 2.34. The Labute approximate surface area is 162 Å². The van der Waals surface area contributed by atoms with Crippen molar-refractivity contribution in [3.8, 4) is 0 Å². The third kappa shape index (κ3) is 3.89. The van der Waals surface area contributed by atoms with Crippen LogP contribution in [0.4, 0.5) is 19.0 Å². The Bertz CT molecular complexity index is 996. The predicted molar refractivity (Wildman–Crippen MR) is 101 cm³/mol. The van der Waals surface area contributed by atoms with Gasteiger partial charge in [0, 0.05) is 10.9 Å². The second kappa shape index (κ2) is 7.40. The molecule has 2 aromatic heterocycles. The van der Waals surface area contributed by atoms with Gasteiger partial charge in [0.2, 0.25) is 0 Å². The number of hydrogen-bond acceptors (Lipinski definition) is 5. The topological polar surface area (TPSA) is 76.7 Å². The highest BCUT2D eigenvalue weighted by atomic mass is 79.9. The molecular weight excluding hydrogens is 423 g/mol. The van der Waals surface area contributed by atoms with Crippen molar-refractivity contribution in [3.63, 3.8) is 0 Å². The summed E-state index contributed by atoms with van der Waals surface area (Å²) in [6.07, 6.45) is 1.59. The minimum atomic E-state index is -3.44. The molecule has 0 saturated carbocycles. The zero-order valence-electron chi connectivity index (χ0n) is 14.6. The predicted octanol–water partition coefficient (Wildman–Crippen LogP) is 4.46. The number of halogens is 4. The molecule has 3 N–H and O–H groups in total. The number of benzene rings is 1. The first-order valence-electron chi connectivity index (χ1n) is 8.16. The number of nitrogens with one attached hydrogen (secondary N) is 1. The first-order chi connectivity index (χ1) is 12.7. The van der Waals surface area contributed by atoms with Crippen LogP contribution in [0.25, 0.3) is 10.9 Å². The van der Waals surface area contributed by atoms with Crippen molar-refractivity contribution in [2.24, 2.45) is 5.73 Å². The zero-order chi connectivity index (χ0) is 19.8. The molecular formula is C18H17BrF3N5. The van der Waals surface area contributed by atoms with Crippen LogP contribution in [0.15, 0.2) is 35.1 Å². The fourth-order valence-electron chi connectivity index (χ4n) is 2.79. The highest BCUT2D eigenvalue weighted by molar-refractivity contribution is 9.10. The molecule has 0 bridgehead atoms. The number of nitrogens with zero attached hydrogens (tertiary/aromatic N) is 3. The molecule has 3 rings (SSSR count). The molecule has 0 fully saturated rings. The Morgan fingerprint density at radius 3 is 2.74 bits per heavy atom. The molecule has 1 aromatic carbocycles. The van der Waals surface area contributed by atoms with E-state index in [1.54, 1.807) is 26.1 Å². The lowest BCUT2D eigenvalue weighted by molar-refractivity contribution is 0.00221. The van der Waals surface area contributed by atoms with E-state index < -0.39 is 29.9 Å². The van der Waals surface area contributed by atoms with Gasteiger partial charge in [-0.25, -0.2) is 19.3 Å². The lowest BCUT2D eigenvalue weighted by Crippen LogP contribution is -2.27. The maximum atomic E-state index is 14.7. The maximum Gasteiger partial charge on any atom is 0.288 e. The Balaban J connectivity index is 2.02. The van der Waals surface area contributed by atoms with Gasteiger partial charge >= 0.3 is 0 Å². The summed E-state index contributed by atoms with van der Waals surface area (Å²) in [7, 11) is 0. The van der Waals surface area contributed by atoms with Crippen molar-refractivity contribution in [2.75, 3.05) is 11.9 Å². The summed E-state index contributed by atoms with van der Waals surface area (Å²) >= 11 is 3.30. The lowest BCUT2D eigenvalue weighted by Gasteiger charge is -2.21. The number of rotatable bonds is 5. The smallest absolute Gasteiger partial charge is 0.288 e. The summed E-state index contributed by atoms with van der Waals surface area (Å²) in [5, 5.41) is 3.77. The van der Waals surface area contributed by atoms with Crippen LogP contribution in [0.1, 0.15) is 29.9 Å². The number of hydrogen-bond donors (Lipinski definition) is 2. The third-order valence-corrected chi connectivity index (χ3v) is 4.59. The van der Waals surface area contributed by atoms with E-state index in [9.17, 15) is 13.2 Å². The maximum absolute atomic E-state index is 14.7. The van der Waals surface area contributed by atoms with E-state index in [-0.39, 0.29) is 5.56 Å². The Hall–Kier alpha value is -2.26. The average Bonchev–Trinajstić information content (AvgIpc) is 2.62. The molecule has 0 radical (unpaired) electrons. The molecule has 5 nitrogen and oxygen atoms in total. The van der Waals surface area contributed by atoms with Crippen LogP contribution in [0.2, 0.25) is 0 Å². The van der Waals surface area contributed by atoms with Crippen LogP contribution in [-0.4, -0.2) is 21.5 Å². The van der Waals surface area contributed by atoms with Crippen molar-refractivity contribution in [1.82, 2.24) is 15.0 Å². The molecule has 1 atom stereocenters. The number of anilines is 1. The van der Waals surface area contributed by atoms with E-state index in [4.69, 9.17) is 5.73 Å². The summed E-state index contributed by atoms with van der Waals surface area (Å²) in [5.41, 5.74) is 5.09. The third-order valence-electron chi connectivity index (χ3n) is 4.16. The van der Waals surface area contributed by atoms with Gasteiger partial charge in [-0.3, -0.25) is 0 Å². The fourth-order valence-corrected chi connectivity index (χ4v) is 3.12. The largest absolute Gasteiger partial charge is 0.363 e. The van der Waals surface area contributed by atoms with Gasteiger partial charge in [0.15, 0.2) is 0 Å². The van der Waals surface area contributed by atoms with E-state index in [0.717, 1.165) is 6.07 Å². The van der Waals surface area contributed by atoms with Crippen molar-refractivity contribution < 1.29 is 13.2 Å². The van der Waals surface area contributed by atoms with Gasteiger partial charge in [0.05, 0.1) is 29.9 Å². The molecule has 0 saturated heterocycles. The van der Waals surface area contributed by atoms with Crippen molar-refractivity contribution in [2.45, 2.75) is 25.8 Å². The van der Waals surface area contributed by atoms with Crippen LogP contribution < -0.4 is 11.1 Å². The number of aryl methyl sites for hydroxylation is 1. The van der Waals surface area contributed by atoms with Gasteiger partial charge in [-0.05, 0) is 35.8 Å². The van der Waals surface area contributed by atoms with Crippen molar-refractivity contribution in [3.05, 3.63) is 57.8 Å². The molecule has 142 valence electrons. The van der Waals surface area contributed by atoms with Gasteiger partial charge in [0.25, 0.3) is 5.92 Å². The van der Waals surface area contributed by atoms with Crippen LogP contribution in [-0.2, 0) is 5.92 Å². The highest BCUT2D eigenvalue weighted by Crippen LogP contribution is 2.33. The van der Waals surface area contributed by atoms with E-state index in [0.29, 0.717) is 27.1 Å². The number of fused-ring (bicyclic) bond motifs is 1. The molecule has 0 aliphatic heterocycles. The molecule has 0 amide bonds. The number of alkyl halides is 2. The second-order valence-corrected chi connectivity index (χ2v) is 6.94. The van der Waals surface area contributed by atoms with Gasteiger partial charge in [-0.2, -0.15) is 8.78 Å². The van der Waals surface area contributed by atoms with Crippen LogP contribution >= 0.6 is 15.9 Å². The molecule has 1 unspecified atom stereocenters. The van der Waals surface area contributed by atoms with Gasteiger partial charge in [-0.15, -0.1) is 0 Å². The summed E-state index contributed by atoms with van der Waals surface area (Å²) < 4.78 is 43.1. The fraction of sp³-hybridized carbons (Fsp3) is 0.278. The lowest BCUT2D eigenvalue weighted by atomic mass is 10.00. The standard InChI is InChI=1S/C18H17BrF3N5/c1-9(11-4-3-5-13(16(11)20)18(21,22)8-23)25-17-12-6-15(19)24-7-14(12)26-10(2)27-17/h3-7,9H,8,23H2,1-2H3,(H,25,26,27). The van der Waals surface area contributed by atoms with Crippen LogP contribution in [0.5, 0.6) is 0 Å². The quantitative estimate of drug-likeness (QED) is 0.573. The average molecular weight is 440 g/mol. The molecule has 27 heavy (non-hydrogen) atoms. The molecule has 9 heteroatoms. The van der Waals surface area contributed by atoms with E-state index in [1.807, 2.05) is 0 Å². The van der Waals surface area contributed by atoms with Crippen LogP contribution in [0.3, 0.4) is 0 Å². The van der Waals surface area contributed by atoms with Crippen molar-refractivity contribution in [1.29, 1.82) is 0 Å². The first kappa shape index (κ1) is 19.5. The first-order valence-corrected chi connectivity index (χ1v) is 8.95. The minimum Gasteiger partial charge on any atom is -0.363 e. The van der Waals surface area contributed by atoms with E-state index >= 15 is 0 Å². The normalized spacial score (nSPS) is 13.0. The van der Waals surface area contributed by atoms with Gasteiger partial charge in [-0.1, -0.05) is 18.2 Å². The number of pyridine rings is 1. The minimum absolute atomic E-state index is 0.0955. The Kier molecular flexibility index (Phi) is 5.34. The van der Waals surface area contributed by atoms with Crippen molar-refractivity contribution >= 4 is 32.7 Å². The van der Waals surface area contributed by atoms with E-state index in [1.165, 1.54) is 12.1 Å². The Morgan fingerprint density at radius 1 is 1.30 bits per heavy atom. The van der Waals surface area contributed by atoms with Gasteiger partial charge in [0.1, 0.15) is 22.1 Å². The molecule has 2 heterocycles. The molecule has 3 aromatic rings. The summed E-state index contributed by atoms with van der Waals surface area (Å²) in [4.78, 5) is 12.8. The summed E-state index contributed by atoms with van der Waals surface area (Å²) in [6, 6.07) is 5.00. The van der Waals surface area contributed by atoms with Gasteiger partial charge < -0.3 is 11.1 Å². The SMILES string of the molecule is Cc1nc(NC(C)c2cccc(C(F)(F)CN)c2F)c2cc(Br)ncc2n1.